The molecule has 172 valence electrons. The van der Waals surface area contributed by atoms with E-state index in [9.17, 15) is 9.59 Å². The van der Waals surface area contributed by atoms with Crippen LogP contribution in [0, 0.1) is 0 Å². The van der Waals surface area contributed by atoms with Gasteiger partial charge in [-0.2, -0.15) is 5.10 Å². The van der Waals surface area contributed by atoms with Crippen LogP contribution < -0.4 is 16.2 Å². The van der Waals surface area contributed by atoms with Crippen LogP contribution in [0.2, 0.25) is 0 Å². The highest BCUT2D eigenvalue weighted by Gasteiger charge is 2.17. The monoisotopic (exact) mass is 449 g/mol. The van der Waals surface area contributed by atoms with E-state index in [4.69, 9.17) is 4.74 Å². The third kappa shape index (κ3) is 4.51. The van der Waals surface area contributed by atoms with Crippen LogP contribution in [0.15, 0.2) is 53.7 Å². The number of pyridine rings is 1. The number of hydrogen-bond donors (Lipinski definition) is 3. The molecule has 33 heavy (non-hydrogen) atoms. The summed E-state index contributed by atoms with van der Waals surface area (Å²) in [5, 5.41) is 9.72. The average molecular weight is 450 g/mol. The van der Waals surface area contributed by atoms with Gasteiger partial charge in [-0.1, -0.05) is 0 Å². The van der Waals surface area contributed by atoms with Gasteiger partial charge in [-0.3, -0.25) is 10.1 Å². The molecular weight excluding hydrogens is 422 g/mol. The number of benzene rings is 1. The van der Waals surface area contributed by atoms with Crippen LogP contribution in [0.3, 0.4) is 0 Å². The number of amides is 2. The molecule has 0 aliphatic heterocycles. The van der Waals surface area contributed by atoms with Crippen molar-refractivity contribution in [1.82, 2.24) is 29.6 Å². The Bertz CT molecular complexity index is 1320. The Morgan fingerprint density at radius 1 is 1.21 bits per heavy atom. The van der Waals surface area contributed by atoms with Gasteiger partial charge in [0.25, 0.3) is 5.56 Å². The zero-order chi connectivity index (χ0) is 23.5. The molecule has 4 rings (SSSR count). The van der Waals surface area contributed by atoms with E-state index in [-0.39, 0.29) is 23.7 Å². The summed E-state index contributed by atoms with van der Waals surface area (Å²) in [6.45, 7) is 6.22. The molecule has 10 nitrogen and oxygen atoms in total. The Balaban J connectivity index is 1.79. The van der Waals surface area contributed by atoms with Crippen molar-refractivity contribution in [3.8, 4) is 16.8 Å². The van der Waals surface area contributed by atoms with E-state index in [1.165, 1.54) is 0 Å². The SMILES string of the molecule is CCNC(=O)Nc1nc2cc(-c3ccn([C@@H](C)[C@H](C)OC)c(=O)c3)cc(-n3cccn3)c2[nH]1. The zero-order valence-corrected chi connectivity index (χ0v) is 19.0. The first kappa shape index (κ1) is 22.3. The second-order valence-corrected chi connectivity index (χ2v) is 7.75. The minimum Gasteiger partial charge on any atom is -0.380 e. The van der Waals surface area contributed by atoms with Gasteiger partial charge in [0, 0.05) is 38.3 Å². The summed E-state index contributed by atoms with van der Waals surface area (Å²) in [5.41, 5.74) is 3.53. The lowest BCUT2D eigenvalue weighted by Gasteiger charge is -2.21. The van der Waals surface area contributed by atoms with Crippen LogP contribution in [-0.4, -0.2) is 50.1 Å². The maximum atomic E-state index is 12.9. The van der Waals surface area contributed by atoms with Gasteiger partial charge in [0.05, 0.1) is 28.9 Å². The lowest BCUT2D eigenvalue weighted by molar-refractivity contribution is 0.0765. The normalized spacial score (nSPS) is 13.1. The summed E-state index contributed by atoms with van der Waals surface area (Å²) in [6, 6.07) is 8.68. The molecule has 0 saturated carbocycles. The molecule has 0 spiro atoms. The summed E-state index contributed by atoms with van der Waals surface area (Å²) >= 11 is 0. The van der Waals surface area contributed by atoms with E-state index in [0.29, 0.717) is 23.5 Å². The standard InChI is InChI=1S/C23H27N7O3/c1-5-24-23(32)28-22-26-18-11-17(12-19(21(18)27-22)30-9-6-8-25-30)16-7-10-29(20(31)13-16)14(2)15(3)33-4/h6-15H,5H2,1-4H3,(H3,24,26,27,28,32)/t14-,15-/m0/s1. The van der Waals surface area contributed by atoms with Gasteiger partial charge in [-0.25, -0.2) is 14.5 Å². The molecule has 10 heteroatoms. The van der Waals surface area contributed by atoms with Crippen LogP contribution in [0.25, 0.3) is 27.8 Å². The zero-order valence-electron chi connectivity index (χ0n) is 19.0. The molecule has 0 aliphatic rings. The van der Waals surface area contributed by atoms with Crippen molar-refractivity contribution in [2.24, 2.45) is 0 Å². The molecule has 0 fully saturated rings. The van der Waals surface area contributed by atoms with Gasteiger partial charge in [-0.15, -0.1) is 0 Å². The van der Waals surface area contributed by atoms with Crippen molar-refractivity contribution in [3.05, 3.63) is 59.3 Å². The number of carbonyl (C=O) groups excluding carboxylic acids is 1. The number of imidazole rings is 1. The number of hydrogen-bond acceptors (Lipinski definition) is 5. The van der Waals surface area contributed by atoms with Gasteiger partial charge >= 0.3 is 6.03 Å². The Hall–Kier alpha value is -3.92. The Labute approximate surface area is 190 Å². The second-order valence-electron chi connectivity index (χ2n) is 7.75. The number of fused-ring (bicyclic) bond motifs is 1. The first-order chi connectivity index (χ1) is 15.9. The second kappa shape index (κ2) is 9.29. The smallest absolute Gasteiger partial charge is 0.321 e. The number of ether oxygens (including phenoxy) is 1. The van der Waals surface area contributed by atoms with Crippen LogP contribution >= 0.6 is 0 Å². The summed E-state index contributed by atoms with van der Waals surface area (Å²) < 4.78 is 8.74. The first-order valence-electron chi connectivity index (χ1n) is 10.7. The van der Waals surface area contributed by atoms with E-state index >= 15 is 0 Å². The fraction of sp³-hybridized carbons (Fsp3) is 0.304. The largest absolute Gasteiger partial charge is 0.380 e. The Morgan fingerprint density at radius 3 is 2.70 bits per heavy atom. The maximum Gasteiger partial charge on any atom is 0.321 e. The fourth-order valence-corrected chi connectivity index (χ4v) is 3.65. The quantitative estimate of drug-likeness (QED) is 0.400. The summed E-state index contributed by atoms with van der Waals surface area (Å²) in [6.07, 6.45) is 5.18. The van der Waals surface area contributed by atoms with Crippen molar-refractivity contribution >= 4 is 23.0 Å². The van der Waals surface area contributed by atoms with E-state index in [0.717, 1.165) is 16.8 Å². The molecule has 3 N–H and O–H groups in total. The minimum absolute atomic E-state index is 0.101. The lowest BCUT2D eigenvalue weighted by atomic mass is 10.0. The maximum absolute atomic E-state index is 12.9. The molecule has 2 amide bonds. The third-order valence-electron chi connectivity index (χ3n) is 5.66. The first-order valence-corrected chi connectivity index (χ1v) is 10.7. The molecule has 4 aromatic rings. The van der Waals surface area contributed by atoms with Crippen molar-refractivity contribution in [2.45, 2.75) is 32.9 Å². The Kier molecular flexibility index (Phi) is 6.27. The van der Waals surface area contributed by atoms with Crippen molar-refractivity contribution < 1.29 is 9.53 Å². The van der Waals surface area contributed by atoms with Crippen molar-refractivity contribution in [3.63, 3.8) is 0 Å². The van der Waals surface area contributed by atoms with Gasteiger partial charge in [-0.05, 0) is 56.2 Å². The number of nitrogens with zero attached hydrogens (tertiary/aromatic N) is 4. The predicted molar refractivity (Wildman–Crippen MR) is 127 cm³/mol. The number of aromatic amines is 1. The molecule has 0 unspecified atom stereocenters. The van der Waals surface area contributed by atoms with Crippen molar-refractivity contribution in [2.75, 3.05) is 19.0 Å². The lowest BCUT2D eigenvalue weighted by Crippen LogP contribution is -2.29. The molecule has 1 aromatic carbocycles. The molecule has 0 radical (unpaired) electrons. The number of nitrogens with one attached hydrogen (secondary N) is 3. The number of aromatic nitrogens is 5. The predicted octanol–water partition coefficient (Wildman–Crippen LogP) is 3.31. The number of rotatable bonds is 7. The van der Waals surface area contributed by atoms with Crippen LogP contribution in [0.5, 0.6) is 0 Å². The molecular formula is C23H27N7O3. The van der Waals surface area contributed by atoms with E-state index < -0.39 is 0 Å². The Morgan fingerprint density at radius 2 is 2.03 bits per heavy atom. The molecule has 0 aliphatic carbocycles. The van der Waals surface area contributed by atoms with Crippen LogP contribution in [0.4, 0.5) is 10.7 Å². The van der Waals surface area contributed by atoms with Gasteiger partial charge in [0.2, 0.25) is 5.95 Å². The average Bonchev–Trinajstić information content (AvgIpc) is 3.47. The number of methoxy groups -OCH3 is 1. The fourth-order valence-electron chi connectivity index (χ4n) is 3.65. The summed E-state index contributed by atoms with van der Waals surface area (Å²) in [5.74, 6) is 0.319. The van der Waals surface area contributed by atoms with E-state index in [1.807, 2.05) is 51.2 Å². The van der Waals surface area contributed by atoms with Gasteiger partial charge in [0.15, 0.2) is 0 Å². The third-order valence-corrected chi connectivity index (χ3v) is 5.66. The highest BCUT2D eigenvalue weighted by molar-refractivity contribution is 5.94. The van der Waals surface area contributed by atoms with Gasteiger partial charge < -0.3 is 19.6 Å². The van der Waals surface area contributed by atoms with E-state index in [2.05, 4.69) is 25.7 Å². The number of carbonyl (C=O) groups is 1. The van der Waals surface area contributed by atoms with Crippen LogP contribution in [0.1, 0.15) is 26.8 Å². The molecule has 3 aromatic heterocycles. The van der Waals surface area contributed by atoms with Gasteiger partial charge in [0.1, 0.15) is 0 Å². The number of H-pyrrole nitrogens is 1. The summed E-state index contributed by atoms with van der Waals surface area (Å²) in [4.78, 5) is 32.5. The number of anilines is 1. The molecule has 0 bridgehead atoms. The topological polar surface area (TPSA) is 119 Å². The number of urea groups is 1. The van der Waals surface area contributed by atoms with Crippen molar-refractivity contribution in [1.29, 1.82) is 0 Å². The highest BCUT2D eigenvalue weighted by Crippen LogP contribution is 2.29. The molecule has 3 heterocycles. The summed E-state index contributed by atoms with van der Waals surface area (Å²) in [7, 11) is 1.63. The minimum atomic E-state index is -0.347. The molecule has 0 saturated heterocycles. The van der Waals surface area contributed by atoms with Crippen LogP contribution in [-0.2, 0) is 4.74 Å². The highest BCUT2D eigenvalue weighted by atomic mass is 16.5. The van der Waals surface area contributed by atoms with E-state index in [1.54, 1.807) is 34.8 Å². The molecule has 2 atom stereocenters.